The molecule has 12 heavy (non-hydrogen) atoms. The molecule has 0 radical (unpaired) electrons. The van der Waals surface area contributed by atoms with E-state index in [-0.39, 0.29) is 6.61 Å². The van der Waals surface area contributed by atoms with Gasteiger partial charge in [-0.1, -0.05) is 0 Å². The van der Waals surface area contributed by atoms with E-state index in [2.05, 4.69) is 9.47 Å². The molecule has 1 atom stereocenters. The molecule has 3 nitrogen and oxygen atoms in total. The van der Waals surface area contributed by atoms with E-state index in [0.29, 0.717) is 0 Å². The molecule has 0 saturated carbocycles. The summed E-state index contributed by atoms with van der Waals surface area (Å²) < 4.78 is 44.4. The number of hydrogen-bond acceptors (Lipinski definition) is 3. The highest BCUT2D eigenvalue weighted by Gasteiger charge is 2.72. The number of epoxide rings is 1. The van der Waals surface area contributed by atoms with Crippen LogP contribution >= 0.6 is 0 Å². The van der Waals surface area contributed by atoms with E-state index < -0.39 is 24.4 Å². The van der Waals surface area contributed by atoms with Crippen molar-refractivity contribution in [1.29, 1.82) is 0 Å². The van der Waals surface area contributed by atoms with Crippen molar-refractivity contribution in [2.75, 3.05) is 13.2 Å². The fraction of sp³-hybridized carbons (Fsp3) is 0.833. The summed E-state index contributed by atoms with van der Waals surface area (Å²) in [7, 11) is 0. The average molecular weight is 184 g/mol. The Labute approximate surface area is 66.4 Å². The predicted octanol–water partition coefficient (Wildman–Crippen LogP) is 0.881. The molecule has 0 aromatic rings. The summed E-state index contributed by atoms with van der Waals surface area (Å²) in [6.07, 6.45) is -4.67. The zero-order valence-electron chi connectivity index (χ0n) is 6.27. The van der Waals surface area contributed by atoms with E-state index in [1.54, 1.807) is 0 Å². The SMILES string of the molecule is CCOC(=O)[C@]1(C(F)(F)F)CO1. The van der Waals surface area contributed by atoms with Gasteiger partial charge in [0.05, 0.1) is 13.2 Å². The highest BCUT2D eigenvalue weighted by Crippen LogP contribution is 2.44. The summed E-state index contributed by atoms with van der Waals surface area (Å²) in [5.74, 6) is -1.35. The molecule has 0 aliphatic carbocycles. The van der Waals surface area contributed by atoms with Gasteiger partial charge in [-0.15, -0.1) is 0 Å². The monoisotopic (exact) mass is 184 g/mol. The van der Waals surface area contributed by atoms with Crippen LogP contribution in [0.15, 0.2) is 0 Å². The van der Waals surface area contributed by atoms with Gasteiger partial charge in [0.2, 0.25) is 0 Å². The lowest BCUT2D eigenvalue weighted by atomic mass is 10.1. The molecule has 1 fully saturated rings. The molecule has 0 unspecified atom stereocenters. The number of alkyl halides is 3. The van der Waals surface area contributed by atoms with Gasteiger partial charge < -0.3 is 9.47 Å². The van der Waals surface area contributed by atoms with E-state index in [9.17, 15) is 18.0 Å². The van der Waals surface area contributed by atoms with Crippen molar-refractivity contribution in [2.24, 2.45) is 0 Å². The Bertz CT molecular complexity index is 195. The minimum atomic E-state index is -4.67. The molecule has 0 spiro atoms. The number of rotatable bonds is 2. The second kappa shape index (κ2) is 2.62. The Morgan fingerprint density at radius 2 is 2.17 bits per heavy atom. The second-order valence-corrected chi connectivity index (χ2v) is 2.33. The van der Waals surface area contributed by atoms with E-state index in [1.807, 2.05) is 0 Å². The molecular formula is C6H7F3O3. The van der Waals surface area contributed by atoms with Crippen molar-refractivity contribution in [2.45, 2.75) is 18.7 Å². The highest BCUT2D eigenvalue weighted by atomic mass is 19.4. The second-order valence-electron chi connectivity index (χ2n) is 2.33. The summed E-state index contributed by atoms with van der Waals surface area (Å²) in [4.78, 5) is 10.7. The number of ether oxygens (including phenoxy) is 2. The van der Waals surface area contributed by atoms with E-state index in [0.717, 1.165) is 0 Å². The zero-order valence-corrected chi connectivity index (χ0v) is 6.27. The molecule has 6 heteroatoms. The third kappa shape index (κ3) is 1.26. The van der Waals surface area contributed by atoms with Gasteiger partial charge in [0.15, 0.2) is 0 Å². The normalized spacial score (nSPS) is 28.3. The average Bonchev–Trinajstić information content (AvgIpc) is 2.63. The first-order valence-corrected chi connectivity index (χ1v) is 3.32. The van der Waals surface area contributed by atoms with Crippen molar-refractivity contribution < 1.29 is 27.4 Å². The number of carbonyl (C=O) groups is 1. The van der Waals surface area contributed by atoms with Crippen LogP contribution < -0.4 is 0 Å². The van der Waals surface area contributed by atoms with Crippen molar-refractivity contribution >= 4 is 5.97 Å². The summed E-state index contributed by atoms with van der Waals surface area (Å²) in [6, 6.07) is 0. The van der Waals surface area contributed by atoms with Gasteiger partial charge in [-0.05, 0) is 6.92 Å². The molecule has 1 aliphatic rings. The maximum atomic E-state index is 12.0. The summed E-state index contributed by atoms with van der Waals surface area (Å²) >= 11 is 0. The first-order valence-electron chi connectivity index (χ1n) is 3.32. The van der Waals surface area contributed by atoms with Crippen LogP contribution in [-0.2, 0) is 14.3 Å². The Hall–Kier alpha value is -0.780. The molecular weight excluding hydrogens is 177 g/mol. The quantitative estimate of drug-likeness (QED) is 0.472. The van der Waals surface area contributed by atoms with E-state index in [4.69, 9.17) is 0 Å². The Morgan fingerprint density at radius 1 is 1.67 bits per heavy atom. The standard InChI is InChI=1S/C6H7F3O3/c1-2-11-4(10)5(3-12-5)6(7,8)9/h2-3H2,1H3/t5-/m0/s1. The molecule has 1 rings (SSSR count). The Morgan fingerprint density at radius 3 is 2.42 bits per heavy atom. The largest absolute Gasteiger partial charge is 0.464 e. The van der Waals surface area contributed by atoms with E-state index in [1.165, 1.54) is 6.92 Å². The lowest BCUT2D eigenvalue weighted by Gasteiger charge is -2.13. The number of carbonyl (C=O) groups excluding carboxylic acids is 1. The Balaban J connectivity index is 2.67. The first kappa shape index (κ1) is 9.31. The summed E-state index contributed by atoms with van der Waals surface area (Å²) in [5, 5.41) is 0. The smallest absolute Gasteiger partial charge is 0.430 e. The van der Waals surface area contributed by atoms with Crippen LogP contribution in [0.1, 0.15) is 6.92 Å². The summed E-state index contributed by atoms with van der Waals surface area (Å²) in [5.41, 5.74) is -2.66. The fourth-order valence-electron chi connectivity index (χ4n) is 0.717. The minimum absolute atomic E-state index is 0.0833. The van der Waals surface area contributed by atoms with Crippen LogP contribution in [-0.4, -0.2) is 31.0 Å². The third-order valence-electron chi connectivity index (χ3n) is 1.50. The van der Waals surface area contributed by atoms with Gasteiger partial charge in [-0.2, -0.15) is 13.2 Å². The van der Waals surface area contributed by atoms with Crippen LogP contribution in [0, 0.1) is 0 Å². The van der Waals surface area contributed by atoms with Crippen LogP contribution in [0.5, 0.6) is 0 Å². The molecule has 0 amide bonds. The van der Waals surface area contributed by atoms with E-state index >= 15 is 0 Å². The molecule has 0 aromatic carbocycles. The third-order valence-corrected chi connectivity index (χ3v) is 1.50. The lowest BCUT2D eigenvalue weighted by Crippen LogP contribution is -2.42. The van der Waals surface area contributed by atoms with Gasteiger partial charge in [0.25, 0.3) is 5.60 Å². The lowest BCUT2D eigenvalue weighted by molar-refractivity contribution is -0.203. The minimum Gasteiger partial charge on any atom is -0.464 e. The first-order chi connectivity index (χ1) is 5.44. The number of esters is 1. The summed E-state index contributed by atoms with van der Waals surface area (Å²) in [6.45, 7) is 0.722. The number of halogens is 3. The van der Waals surface area contributed by atoms with Gasteiger partial charge >= 0.3 is 12.1 Å². The van der Waals surface area contributed by atoms with Crippen LogP contribution in [0.4, 0.5) is 13.2 Å². The van der Waals surface area contributed by atoms with Gasteiger partial charge in [0.1, 0.15) is 0 Å². The topological polar surface area (TPSA) is 38.8 Å². The van der Waals surface area contributed by atoms with Crippen LogP contribution in [0.2, 0.25) is 0 Å². The maximum Gasteiger partial charge on any atom is 0.430 e. The maximum absolute atomic E-state index is 12.0. The van der Waals surface area contributed by atoms with Crippen LogP contribution in [0.3, 0.4) is 0 Å². The molecule has 0 aromatic heterocycles. The number of hydrogen-bond donors (Lipinski definition) is 0. The van der Waals surface area contributed by atoms with Crippen molar-refractivity contribution in [1.82, 2.24) is 0 Å². The van der Waals surface area contributed by atoms with Gasteiger partial charge in [-0.25, -0.2) is 4.79 Å². The van der Waals surface area contributed by atoms with Gasteiger partial charge in [0, 0.05) is 0 Å². The molecule has 0 N–H and O–H groups in total. The molecule has 1 heterocycles. The highest BCUT2D eigenvalue weighted by molar-refractivity contribution is 5.83. The van der Waals surface area contributed by atoms with Crippen molar-refractivity contribution in [3.63, 3.8) is 0 Å². The molecule has 1 aliphatic heterocycles. The van der Waals surface area contributed by atoms with Crippen molar-refractivity contribution in [3.05, 3.63) is 0 Å². The molecule has 1 saturated heterocycles. The predicted molar refractivity (Wildman–Crippen MR) is 31.4 cm³/mol. The van der Waals surface area contributed by atoms with Crippen molar-refractivity contribution in [3.8, 4) is 0 Å². The van der Waals surface area contributed by atoms with Crippen LogP contribution in [0.25, 0.3) is 0 Å². The molecule has 70 valence electrons. The Kier molecular flexibility index (Phi) is 2.03. The molecule has 0 bridgehead atoms. The fourth-order valence-corrected chi connectivity index (χ4v) is 0.717. The zero-order chi connectivity index (χ0) is 9.41. The van der Waals surface area contributed by atoms with Gasteiger partial charge in [-0.3, -0.25) is 0 Å².